The van der Waals surface area contributed by atoms with Crippen LogP contribution < -0.4 is 9.47 Å². The molecular formula is C26H20Cl10O8. The van der Waals surface area contributed by atoms with Gasteiger partial charge in [-0.2, -0.15) is 0 Å². The van der Waals surface area contributed by atoms with Crippen LogP contribution in [0.5, 0.6) is 11.5 Å². The number of hydrogen-bond donors (Lipinski definition) is 0. The molecular weight excluding hydrogens is 795 g/mol. The fraction of sp³-hybridized carbons (Fsp3) is 0.385. The average molecular weight is 815 g/mol. The summed E-state index contributed by atoms with van der Waals surface area (Å²) in [6, 6.07) is 0. The van der Waals surface area contributed by atoms with Crippen molar-refractivity contribution in [2.24, 2.45) is 0 Å². The molecule has 18 heteroatoms. The monoisotopic (exact) mass is 810 g/mol. The maximum absolute atomic E-state index is 12.1. The minimum absolute atomic E-state index is 0.0887. The zero-order valence-corrected chi connectivity index (χ0v) is 29.7. The third-order valence-electron chi connectivity index (χ3n) is 5.40. The summed E-state index contributed by atoms with van der Waals surface area (Å²) in [6.07, 6.45) is 1.36. The van der Waals surface area contributed by atoms with E-state index in [1.54, 1.807) is 0 Å². The topological polar surface area (TPSA) is 105 Å². The van der Waals surface area contributed by atoms with Crippen LogP contribution in [0.25, 0.3) is 0 Å². The average Bonchev–Trinajstić information content (AvgIpc) is 3.00. The smallest absolute Gasteiger partial charge is 0.311 e. The van der Waals surface area contributed by atoms with E-state index >= 15 is 0 Å². The molecule has 0 saturated heterocycles. The summed E-state index contributed by atoms with van der Waals surface area (Å²) in [5.41, 5.74) is 0. The second-order valence-corrected chi connectivity index (χ2v) is 12.4. The molecule has 2 aromatic carbocycles. The Morgan fingerprint density at radius 3 is 0.909 bits per heavy atom. The number of rotatable bonds is 15. The first-order valence-corrected chi connectivity index (χ1v) is 16.2. The normalized spacial score (nSPS) is 10.9. The molecule has 0 unspecified atom stereocenters. The summed E-state index contributed by atoms with van der Waals surface area (Å²) >= 11 is 59.6. The fourth-order valence-electron chi connectivity index (χ4n) is 3.16. The maximum Gasteiger partial charge on any atom is 0.311 e. The molecule has 0 N–H and O–H groups in total. The van der Waals surface area contributed by atoms with E-state index in [-0.39, 0.29) is 101 Å². The van der Waals surface area contributed by atoms with Crippen LogP contribution in [0.4, 0.5) is 0 Å². The summed E-state index contributed by atoms with van der Waals surface area (Å²) < 4.78 is 20.4. The lowest BCUT2D eigenvalue weighted by Gasteiger charge is -2.12. The molecule has 0 spiro atoms. The molecule has 0 atom stereocenters. The molecule has 8 nitrogen and oxygen atoms in total. The van der Waals surface area contributed by atoms with E-state index in [9.17, 15) is 19.2 Å². The van der Waals surface area contributed by atoms with Gasteiger partial charge in [0.15, 0.2) is 11.5 Å². The van der Waals surface area contributed by atoms with Crippen LogP contribution in [0.2, 0.25) is 50.2 Å². The first-order valence-electron chi connectivity index (χ1n) is 12.4. The van der Waals surface area contributed by atoms with Gasteiger partial charge < -0.3 is 18.9 Å². The van der Waals surface area contributed by atoms with Crippen molar-refractivity contribution in [2.75, 3.05) is 13.2 Å². The van der Waals surface area contributed by atoms with E-state index in [2.05, 4.69) is 0 Å². The van der Waals surface area contributed by atoms with Gasteiger partial charge in [0.1, 0.15) is 20.1 Å². The van der Waals surface area contributed by atoms with Crippen LogP contribution in [-0.4, -0.2) is 37.1 Å². The van der Waals surface area contributed by atoms with Crippen LogP contribution in [0, 0.1) is 0 Å². The Balaban J connectivity index is 1.56. The Hall–Kier alpha value is -0.780. The predicted molar refractivity (Wildman–Crippen MR) is 173 cm³/mol. The van der Waals surface area contributed by atoms with Crippen molar-refractivity contribution in [2.45, 2.75) is 51.4 Å². The summed E-state index contributed by atoms with van der Waals surface area (Å²) in [4.78, 5) is 48.1. The molecule has 2 aromatic rings. The summed E-state index contributed by atoms with van der Waals surface area (Å²) in [6.45, 7) is 0.266. The van der Waals surface area contributed by atoms with Crippen LogP contribution >= 0.6 is 116 Å². The van der Waals surface area contributed by atoms with Crippen molar-refractivity contribution in [3.63, 3.8) is 0 Å². The van der Waals surface area contributed by atoms with Gasteiger partial charge in [0.2, 0.25) is 0 Å². The maximum atomic E-state index is 12.1. The lowest BCUT2D eigenvalue weighted by molar-refractivity contribution is -0.147. The Labute approximate surface area is 302 Å². The number of unbranched alkanes of at least 4 members (excludes halogenated alkanes) is 3. The summed E-state index contributed by atoms with van der Waals surface area (Å²) in [7, 11) is 0. The largest absolute Gasteiger partial charge is 0.466 e. The fourth-order valence-corrected chi connectivity index (χ4v) is 5.56. The van der Waals surface area contributed by atoms with E-state index in [1.807, 2.05) is 0 Å². The molecule has 44 heavy (non-hydrogen) atoms. The molecule has 0 aromatic heterocycles. The van der Waals surface area contributed by atoms with Gasteiger partial charge >= 0.3 is 23.9 Å². The van der Waals surface area contributed by atoms with Gasteiger partial charge in [-0.3, -0.25) is 19.2 Å². The predicted octanol–water partition coefficient (Wildman–Crippen LogP) is 10.9. The highest BCUT2D eigenvalue weighted by atomic mass is 35.5. The van der Waals surface area contributed by atoms with Crippen molar-refractivity contribution >= 4 is 140 Å². The molecule has 0 saturated carbocycles. The van der Waals surface area contributed by atoms with Crippen LogP contribution in [0.1, 0.15) is 51.4 Å². The minimum Gasteiger partial charge on any atom is -0.466 e. The van der Waals surface area contributed by atoms with Crippen LogP contribution in [-0.2, 0) is 28.7 Å². The van der Waals surface area contributed by atoms with Crippen molar-refractivity contribution in [3.05, 3.63) is 50.2 Å². The Kier molecular flexibility index (Phi) is 17.1. The van der Waals surface area contributed by atoms with E-state index in [0.29, 0.717) is 25.7 Å². The number of halogens is 10. The summed E-state index contributed by atoms with van der Waals surface area (Å²) in [5, 5.41) is -1.49. The van der Waals surface area contributed by atoms with Gasteiger partial charge in [-0.15, -0.1) is 0 Å². The first kappa shape index (κ1) is 39.4. The molecule has 0 radical (unpaired) electrons. The lowest BCUT2D eigenvalue weighted by Crippen LogP contribution is -2.13. The number of benzene rings is 2. The van der Waals surface area contributed by atoms with E-state index < -0.39 is 23.9 Å². The van der Waals surface area contributed by atoms with Crippen molar-refractivity contribution in [3.8, 4) is 11.5 Å². The molecule has 0 aliphatic heterocycles. The minimum atomic E-state index is -0.808. The van der Waals surface area contributed by atoms with Gasteiger partial charge in [-0.05, 0) is 25.7 Å². The van der Waals surface area contributed by atoms with Gasteiger partial charge in [0.25, 0.3) is 0 Å². The van der Waals surface area contributed by atoms with Gasteiger partial charge in [0.05, 0.1) is 69.0 Å². The zero-order valence-electron chi connectivity index (χ0n) is 22.1. The third kappa shape index (κ3) is 11.5. The van der Waals surface area contributed by atoms with Crippen molar-refractivity contribution in [1.29, 1.82) is 0 Å². The van der Waals surface area contributed by atoms with Crippen LogP contribution in [0.15, 0.2) is 0 Å². The number of hydrogen-bond acceptors (Lipinski definition) is 8. The second-order valence-electron chi connectivity index (χ2n) is 8.60. The Bertz CT molecular complexity index is 1250. The highest BCUT2D eigenvalue weighted by Crippen LogP contribution is 2.49. The Morgan fingerprint density at radius 1 is 0.364 bits per heavy atom. The second kappa shape index (κ2) is 19.1. The number of carbonyl (C=O) groups is 4. The number of ether oxygens (including phenoxy) is 4. The zero-order chi connectivity index (χ0) is 33.1. The highest BCUT2D eigenvalue weighted by Gasteiger charge is 2.24. The Morgan fingerprint density at radius 2 is 0.614 bits per heavy atom. The molecule has 0 bridgehead atoms. The van der Waals surface area contributed by atoms with Gasteiger partial charge in [-0.25, -0.2) is 0 Å². The molecule has 0 heterocycles. The summed E-state index contributed by atoms with van der Waals surface area (Å²) in [5.74, 6) is -3.36. The van der Waals surface area contributed by atoms with Crippen LogP contribution in [0.3, 0.4) is 0 Å². The SMILES string of the molecule is O=C(CCC(=O)Oc1c(Cl)c(Cl)c(Cl)c(Cl)c1Cl)OCCCCCCOC(=O)CCC(=O)Oc1c(Cl)c(Cl)c(Cl)c(Cl)c1Cl. The molecule has 0 fully saturated rings. The van der Waals surface area contributed by atoms with Crippen molar-refractivity contribution in [1.82, 2.24) is 0 Å². The van der Waals surface area contributed by atoms with E-state index in [1.165, 1.54) is 0 Å². The standard InChI is InChI=1S/C26H20Cl10O8/c27-15-17(29)21(33)25(22(34)18(15)30)43-13(39)7-5-11(37)41-9-3-1-2-4-10-42-12(38)6-8-14(40)44-26-23(35)19(31)16(28)20(32)24(26)36/h1-10H2. The lowest BCUT2D eigenvalue weighted by atomic mass is 10.2. The molecule has 0 aliphatic rings. The van der Waals surface area contributed by atoms with E-state index in [4.69, 9.17) is 135 Å². The molecule has 242 valence electrons. The van der Waals surface area contributed by atoms with Gasteiger partial charge in [-0.1, -0.05) is 116 Å². The molecule has 0 aliphatic carbocycles. The number of esters is 4. The quantitative estimate of drug-likeness (QED) is 0.0575. The van der Waals surface area contributed by atoms with Gasteiger partial charge in [0, 0.05) is 0 Å². The van der Waals surface area contributed by atoms with Crippen molar-refractivity contribution < 1.29 is 38.1 Å². The highest BCUT2D eigenvalue weighted by molar-refractivity contribution is 6.56. The first-order chi connectivity index (χ1) is 20.7. The third-order valence-corrected chi connectivity index (χ3v) is 9.89. The molecule has 0 amide bonds. The van der Waals surface area contributed by atoms with E-state index in [0.717, 1.165) is 0 Å². The molecule has 2 rings (SSSR count). The number of carbonyl (C=O) groups excluding carboxylic acids is 4.